The van der Waals surface area contributed by atoms with Gasteiger partial charge in [0, 0.05) is 23.5 Å². The number of benzene rings is 1. The maximum atomic E-state index is 13.6. The lowest BCUT2D eigenvalue weighted by molar-refractivity contribution is -0.133. The summed E-state index contributed by atoms with van der Waals surface area (Å²) < 4.78 is 5.39. The van der Waals surface area contributed by atoms with Crippen molar-refractivity contribution < 1.29 is 23.9 Å². The van der Waals surface area contributed by atoms with E-state index in [-0.39, 0.29) is 18.3 Å². The molecule has 1 aromatic carbocycles. The Labute approximate surface area is 224 Å². The Morgan fingerprint density at radius 1 is 0.974 bits per heavy atom. The second kappa shape index (κ2) is 13.3. The molecule has 0 fully saturated rings. The monoisotopic (exact) mass is 529 g/mol. The van der Waals surface area contributed by atoms with Crippen LogP contribution < -0.4 is 21.7 Å². The van der Waals surface area contributed by atoms with E-state index in [0.29, 0.717) is 12.8 Å². The summed E-state index contributed by atoms with van der Waals surface area (Å²) in [6, 6.07) is 4.83. The van der Waals surface area contributed by atoms with Crippen LogP contribution in [0.5, 0.6) is 0 Å². The molecule has 210 valence electrons. The van der Waals surface area contributed by atoms with E-state index >= 15 is 0 Å². The van der Waals surface area contributed by atoms with E-state index in [1.54, 1.807) is 27.0 Å². The summed E-state index contributed by atoms with van der Waals surface area (Å²) in [5, 5.41) is 9.11. The highest BCUT2D eigenvalue weighted by Crippen LogP contribution is 2.20. The average molecular weight is 530 g/mol. The third kappa shape index (κ3) is 9.08. The maximum Gasteiger partial charge on any atom is 0.408 e. The molecular formula is C28H43N5O5. The molecule has 0 radical (unpaired) electrons. The lowest BCUT2D eigenvalue weighted by Crippen LogP contribution is -2.58. The molecule has 0 aliphatic heterocycles. The van der Waals surface area contributed by atoms with Crippen LogP contribution in [0.1, 0.15) is 66.9 Å². The Kier molecular flexibility index (Phi) is 10.7. The van der Waals surface area contributed by atoms with Gasteiger partial charge in [0.2, 0.25) is 17.7 Å². The molecule has 0 unspecified atom stereocenters. The number of fused-ring (bicyclic) bond motifs is 1. The number of aromatic nitrogens is 1. The van der Waals surface area contributed by atoms with Gasteiger partial charge in [-0.25, -0.2) is 4.79 Å². The zero-order chi connectivity index (χ0) is 28.6. The first-order valence-electron chi connectivity index (χ1n) is 13.2. The van der Waals surface area contributed by atoms with Gasteiger partial charge in [-0.3, -0.25) is 14.4 Å². The largest absolute Gasteiger partial charge is 0.444 e. The molecule has 4 amide bonds. The Morgan fingerprint density at radius 3 is 2.21 bits per heavy atom. The van der Waals surface area contributed by atoms with Gasteiger partial charge in [-0.1, -0.05) is 52.3 Å². The number of primary amides is 1. The number of amides is 4. The Bertz CT molecular complexity index is 1120. The number of H-pyrrole nitrogens is 1. The lowest BCUT2D eigenvalue weighted by atomic mass is 9.96. The summed E-state index contributed by atoms with van der Waals surface area (Å²) in [7, 11) is 0. The lowest BCUT2D eigenvalue weighted by Gasteiger charge is -2.28. The number of ether oxygens (including phenoxy) is 1. The predicted octanol–water partition coefficient (Wildman–Crippen LogP) is 3.15. The van der Waals surface area contributed by atoms with E-state index < -0.39 is 47.5 Å². The van der Waals surface area contributed by atoms with Crippen LogP contribution in [0.15, 0.2) is 30.5 Å². The number of hydrogen-bond acceptors (Lipinski definition) is 5. The molecule has 0 bridgehead atoms. The van der Waals surface area contributed by atoms with Crippen molar-refractivity contribution in [1.29, 1.82) is 0 Å². The highest BCUT2D eigenvalue weighted by atomic mass is 16.6. The summed E-state index contributed by atoms with van der Waals surface area (Å²) in [6.45, 7) is 12.8. The molecule has 0 aliphatic carbocycles. The molecule has 10 nitrogen and oxygen atoms in total. The van der Waals surface area contributed by atoms with Crippen molar-refractivity contribution in [2.75, 3.05) is 0 Å². The smallest absolute Gasteiger partial charge is 0.408 e. The van der Waals surface area contributed by atoms with E-state index in [9.17, 15) is 19.2 Å². The first-order chi connectivity index (χ1) is 17.7. The van der Waals surface area contributed by atoms with Crippen molar-refractivity contribution >= 4 is 34.7 Å². The van der Waals surface area contributed by atoms with E-state index in [0.717, 1.165) is 16.5 Å². The molecule has 6 N–H and O–H groups in total. The number of alkyl carbamates (subject to hydrolysis) is 1. The number of nitrogens with one attached hydrogen (secondary N) is 4. The first-order valence-corrected chi connectivity index (χ1v) is 13.2. The van der Waals surface area contributed by atoms with Gasteiger partial charge in [0.15, 0.2) is 0 Å². The third-order valence-corrected chi connectivity index (χ3v) is 6.27. The number of aromatic amines is 1. The average Bonchev–Trinajstić information content (AvgIpc) is 3.22. The van der Waals surface area contributed by atoms with Crippen molar-refractivity contribution in [3.05, 3.63) is 36.0 Å². The molecule has 1 heterocycles. The molecule has 4 atom stereocenters. The summed E-state index contributed by atoms with van der Waals surface area (Å²) in [5.74, 6) is -1.80. The van der Waals surface area contributed by atoms with Crippen LogP contribution in [0.2, 0.25) is 0 Å². The van der Waals surface area contributed by atoms with E-state index in [1.165, 1.54) is 0 Å². The standard InChI is InChI=1S/C28H43N5O5/c1-8-17(4)23(26(36)31-21(24(29)34)13-16(2)3)33-25(35)22(32-27(37)38-28(5,6)7)14-18-15-30-20-12-10-9-11-19(18)20/h9-12,15-17,21-23,30H,8,13-14H2,1-7H3,(H2,29,34)(H,31,36)(H,32,37)(H,33,35)/t17-,21+,22-,23-/m1/s1. The highest BCUT2D eigenvalue weighted by molar-refractivity contribution is 5.94. The van der Waals surface area contributed by atoms with Gasteiger partial charge in [-0.05, 0) is 50.7 Å². The van der Waals surface area contributed by atoms with E-state index in [1.807, 2.05) is 52.0 Å². The summed E-state index contributed by atoms with van der Waals surface area (Å²) in [4.78, 5) is 54.6. The van der Waals surface area contributed by atoms with Gasteiger partial charge < -0.3 is 31.4 Å². The molecule has 0 spiro atoms. The zero-order valence-corrected chi connectivity index (χ0v) is 23.5. The number of rotatable bonds is 12. The second-order valence-corrected chi connectivity index (χ2v) is 11.2. The van der Waals surface area contributed by atoms with E-state index in [4.69, 9.17) is 10.5 Å². The molecule has 0 saturated heterocycles. The molecule has 0 saturated carbocycles. The second-order valence-electron chi connectivity index (χ2n) is 11.2. The fraction of sp³-hybridized carbons (Fsp3) is 0.571. The maximum absolute atomic E-state index is 13.6. The molecule has 0 aliphatic rings. The van der Waals surface area contributed by atoms with Crippen LogP contribution in [0.4, 0.5) is 4.79 Å². The fourth-order valence-corrected chi connectivity index (χ4v) is 4.11. The Balaban J connectivity index is 2.31. The molecule has 1 aromatic heterocycles. The quantitative estimate of drug-likeness (QED) is 0.286. The Hall–Kier alpha value is -3.56. The van der Waals surface area contributed by atoms with Crippen LogP contribution in [-0.2, 0) is 25.5 Å². The Morgan fingerprint density at radius 2 is 1.63 bits per heavy atom. The van der Waals surface area contributed by atoms with Gasteiger partial charge in [0.05, 0.1) is 0 Å². The molecule has 38 heavy (non-hydrogen) atoms. The molecule has 2 rings (SSSR count). The fourth-order valence-electron chi connectivity index (χ4n) is 4.11. The topological polar surface area (TPSA) is 155 Å². The van der Waals surface area contributed by atoms with Crippen molar-refractivity contribution in [2.24, 2.45) is 17.6 Å². The van der Waals surface area contributed by atoms with Crippen molar-refractivity contribution in [1.82, 2.24) is 20.9 Å². The minimum atomic E-state index is -1.02. The highest BCUT2D eigenvalue weighted by Gasteiger charge is 2.33. The van der Waals surface area contributed by atoms with E-state index in [2.05, 4.69) is 20.9 Å². The van der Waals surface area contributed by atoms with Gasteiger partial charge in [0.25, 0.3) is 0 Å². The summed E-state index contributed by atoms with van der Waals surface area (Å²) >= 11 is 0. The zero-order valence-electron chi connectivity index (χ0n) is 23.5. The SMILES string of the molecule is CC[C@@H](C)[C@@H](NC(=O)[C@@H](Cc1c[nH]c2ccccc12)NC(=O)OC(C)(C)C)C(=O)N[C@@H](CC(C)C)C(N)=O. The molecule has 2 aromatic rings. The minimum absolute atomic E-state index is 0.128. The summed E-state index contributed by atoms with van der Waals surface area (Å²) in [5.41, 5.74) is 6.48. The molecule has 10 heteroatoms. The molecular weight excluding hydrogens is 486 g/mol. The minimum Gasteiger partial charge on any atom is -0.444 e. The van der Waals surface area contributed by atoms with Gasteiger partial charge in [-0.2, -0.15) is 0 Å². The van der Waals surface area contributed by atoms with Crippen LogP contribution in [-0.4, -0.2) is 52.5 Å². The first kappa shape index (κ1) is 30.7. The van der Waals surface area contributed by atoms with Crippen LogP contribution in [0.25, 0.3) is 10.9 Å². The predicted molar refractivity (Wildman–Crippen MR) is 147 cm³/mol. The number of para-hydroxylation sites is 1. The van der Waals surface area contributed by atoms with Gasteiger partial charge in [0.1, 0.15) is 23.7 Å². The van der Waals surface area contributed by atoms with Crippen molar-refractivity contribution in [3.63, 3.8) is 0 Å². The third-order valence-electron chi connectivity index (χ3n) is 6.27. The normalized spacial score (nSPS) is 14.8. The number of carbonyl (C=O) groups is 4. The number of hydrogen-bond donors (Lipinski definition) is 5. The summed E-state index contributed by atoms with van der Waals surface area (Å²) in [6.07, 6.45) is 2.19. The van der Waals surface area contributed by atoms with Crippen molar-refractivity contribution in [2.45, 2.75) is 91.5 Å². The van der Waals surface area contributed by atoms with Crippen LogP contribution in [0.3, 0.4) is 0 Å². The van der Waals surface area contributed by atoms with Crippen LogP contribution in [0, 0.1) is 11.8 Å². The number of nitrogens with two attached hydrogens (primary N) is 1. The van der Waals surface area contributed by atoms with Gasteiger partial charge in [-0.15, -0.1) is 0 Å². The van der Waals surface area contributed by atoms with Crippen LogP contribution >= 0.6 is 0 Å². The number of carbonyl (C=O) groups excluding carboxylic acids is 4. The van der Waals surface area contributed by atoms with Crippen molar-refractivity contribution in [3.8, 4) is 0 Å². The van der Waals surface area contributed by atoms with Gasteiger partial charge >= 0.3 is 6.09 Å².